The third-order valence-corrected chi connectivity index (χ3v) is 5.47. The fourth-order valence-corrected chi connectivity index (χ4v) is 4.02. The summed E-state index contributed by atoms with van der Waals surface area (Å²) in [6, 6.07) is 12.0. The van der Waals surface area contributed by atoms with Crippen LogP contribution in [-0.2, 0) is 17.8 Å². The van der Waals surface area contributed by atoms with Crippen molar-refractivity contribution in [3.05, 3.63) is 70.5 Å². The van der Waals surface area contributed by atoms with Crippen LogP contribution < -0.4 is 9.54 Å². The van der Waals surface area contributed by atoms with Crippen LogP contribution in [0.5, 0.6) is 5.75 Å². The van der Waals surface area contributed by atoms with E-state index < -0.39 is 0 Å². The molecule has 0 aliphatic heterocycles. The van der Waals surface area contributed by atoms with E-state index in [1.807, 2.05) is 47.9 Å². The molecule has 1 amide bonds. The Morgan fingerprint density at radius 2 is 2.04 bits per heavy atom. The molecule has 5 heteroatoms. The summed E-state index contributed by atoms with van der Waals surface area (Å²) in [5, 5.41) is 0. The molecule has 0 radical (unpaired) electrons. The van der Waals surface area contributed by atoms with E-state index in [2.05, 4.69) is 31.5 Å². The summed E-state index contributed by atoms with van der Waals surface area (Å²) in [6.07, 6.45) is 2.11. The molecule has 0 aliphatic rings. The second-order valence-electron chi connectivity index (χ2n) is 6.45. The molecule has 140 valence electrons. The third kappa shape index (κ3) is 4.37. The fourth-order valence-electron chi connectivity index (χ4n) is 2.94. The molecule has 0 saturated carbocycles. The number of carbonyl (C=O) groups is 1. The second kappa shape index (κ2) is 8.35. The van der Waals surface area contributed by atoms with E-state index in [4.69, 9.17) is 4.74 Å². The Morgan fingerprint density at radius 1 is 1.22 bits per heavy atom. The number of carbonyl (C=O) groups excluding carboxylic acids is 1. The van der Waals surface area contributed by atoms with Crippen molar-refractivity contribution in [2.24, 2.45) is 4.99 Å². The molecule has 1 heterocycles. The molecule has 3 rings (SSSR count). The molecule has 0 N–H and O–H groups in total. The number of hydrogen-bond acceptors (Lipinski definition) is 3. The average Bonchev–Trinajstić information content (AvgIpc) is 2.95. The molecule has 0 spiro atoms. The van der Waals surface area contributed by atoms with E-state index in [9.17, 15) is 4.79 Å². The Morgan fingerprint density at radius 3 is 2.74 bits per heavy atom. The van der Waals surface area contributed by atoms with Crippen molar-refractivity contribution >= 4 is 27.5 Å². The van der Waals surface area contributed by atoms with E-state index in [1.165, 1.54) is 22.5 Å². The molecule has 27 heavy (non-hydrogen) atoms. The summed E-state index contributed by atoms with van der Waals surface area (Å²) in [7, 11) is 0. The van der Waals surface area contributed by atoms with Crippen molar-refractivity contribution in [1.29, 1.82) is 0 Å². The summed E-state index contributed by atoms with van der Waals surface area (Å²) in [6.45, 7) is 11.1. The lowest BCUT2D eigenvalue weighted by atomic mass is 10.0. The first-order valence-electron chi connectivity index (χ1n) is 9.02. The SMILES string of the molecule is C=CCn1c(=NC(=O)Cc2ccc(C)c(C)c2)sc2cc(OCC)ccc21. The summed E-state index contributed by atoms with van der Waals surface area (Å²) >= 11 is 1.50. The number of allylic oxidation sites excluding steroid dienone is 1. The molecule has 0 saturated heterocycles. The van der Waals surface area contributed by atoms with Crippen molar-refractivity contribution in [2.45, 2.75) is 33.7 Å². The highest BCUT2D eigenvalue weighted by molar-refractivity contribution is 7.16. The lowest BCUT2D eigenvalue weighted by molar-refractivity contribution is -0.117. The highest BCUT2D eigenvalue weighted by Crippen LogP contribution is 2.23. The summed E-state index contributed by atoms with van der Waals surface area (Å²) < 4.78 is 8.64. The van der Waals surface area contributed by atoms with Gasteiger partial charge >= 0.3 is 0 Å². The van der Waals surface area contributed by atoms with Crippen molar-refractivity contribution in [3.63, 3.8) is 0 Å². The number of rotatable bonds is 6. The molecule has 4 nitrogen and oxygen atoms in total. The second-order valence-corrected chi connectivity index (χ2v) is 7.46. The lowest BCUT2D eigenvalue weighted by Gasteiger charge is -2.04. The Bertz CT molecular complexity index is 1060. The van der Waals surface area contributed by atoms with Gasteiger partial charge in [-0.25, -0.2) is 0 Å². The Hall–Kier alpha value is -2.66. The number of thiazole rings is 1. The van der Waals surface area contributed by atoms with Crippen LogP contribution in [0, 0.1) is 13.8 Å². The van der Waals surface area contributed by atoms with Gasteiger partial charge in [0.15, 0.2) is 4.80 Å². The van der Waals surface area contributed by atoms with Crippen molar-refractivity contribution < 1.29 is 9.53 Å². The van der Waals surface area contributed by atoms with Gasteiger partial charge < -0.3 is 9.30 Å². The molecule has 0 atom stereocenters. The van der Waals surface area contributed by atoms with Crippen LogP contribution in [0.1, 0.15) is 23.6 Å². The summed E-state index contributed by atoms with van der Waals surface area (Å²) in [5.74, 6) is 0.678. The van der Waals surface area contributed by atoms with Crippen molar-refractivity contribution in [2.75, 3.05) is 6.61 Å². The van der Waals surface area contributed by atoms with Gasteiger partial charge in [0.25, 0.3) is 5.91 Å². The van der Waals surface area contributed by atoms with Crippen LogP contribution in [0.4, 0.5) is 0 Å². The van der Waals surface area contributed by atoms with E-state index in [0.29, 0.717) is 24.4 Å². The molecule has 2 aromatic carbocycles. The first-order chi connectivity index (χ1) is 13.0. The van der Waals surface area contributed by atoms with Crippen molar-refractivity contribution in [1.82, 2.24) is 4.57 Å². The van der Waals surface area contributed by atoms with E-state index >= 15 is 0 Å². The molecule has 3 aromatic rings. The van der Waals surface area contributed by atoms with Gasteiger partial charge in [0.05, 0.1) is 23.2 Å². The number of aromatic nitrogens is 1. The first kappa shape index (κ1) is 19.1. The van der Waals surface area contributed by atoms with Crippen LogP contribution in [-0.4, -0.2) is 17.1 Å². The van der Waals surface area contributed by atoms with Gasteiger partial charge in [-0.15, -0.1) is 6.58 Å². The first-order valence-corrected chi connectivity index (χ1v) is 9.84. The maximum Gasteiger partial charge on any atom is 0.252 e. The maximum absolute atomic E-state index is 12.6. The number of aryl methyl sites for hydroxylation is 2. The van der Waals surface area contributed by atoms with Crippen molar-refractivity contribution in [3.8, 4) is 5.75 Å². The van der Waals surface area contributed by atoms with Gasteiger partial charge in [-0.1, -0.05) is 35.6 Å². The molecule has 1 aromatic heterocycles. The van der Waals surface area contributed by atoms with Gasteiger partial charge in [-0.2, -0.15) is 4.99 Å². The number of benzene rings is 2. The van der Waals surface area contributed by atoms with Crippen LogP contribution >= 0.6 is 11.3 Å². The monoisotopic (exact) mass is 380 g/mol. The molecular formula is C22H24N2O2S. The summed E-state index contributed by atoms with van der Waals surface area (Å²) in [4.78, 5) is 17.6. The minimum Gasteiger partial charge on any atom is -0.494 e. The highest BCUT2D eigenvalue weighted by Gasteiger charge is 2.09. The average molecular weight is 381 g/mol. The number of fused-ring (bicyclic) bond motifs is 1. The number of amides is 1. The van der Waals surface area contributed by atoms with E-state index in [-0.39, 0.29) is 5.91 Å². The summed E-state index contributed by atoms with van der Waals surface area (Å²) in [5.41, 5.74) is 4.43. The zero-order chi connectivity index (χ0) is 19.4. The van der Waals surface area contributed by atoms with Crippen LogP contribution in [0.2, 0.25) is 0 Å². The zero-order valence-electron chi connectivity index (χ0n) is 16.0. The van der Waals surface area contributed by atoms with Gasteiger partial charge in [-0.05, 0) is 55.7 Å². The van der Waals surface area contributed by atoms with Gasteiger partial charge in [0, 0.05) is 6.54 Å². The van der Waals surface area contributed by atoms with Gasteiger partial charge in [0.2, 0.25) is 0 Å². The van der Waals surface area contributed by atoms with Gasteiger partial charge in [-0.3, -0.25) is 4.79 Å². The topological polar surface area (TPSA) is 43.6 Å². The minimum absolute atomic E-state index is 0.146. The molecule has 0 bridgehead atoms. The third-order valence-electron chi connectivity index (χ3n) is 4.42. The Labute approximate surface area is 163 Å². The van der Waals surface area contributed by atoms with E-state index in [1.54, 1.807) is 0 Å². The fraction of sp³-hybridized carbons (Fsp3) is 0.273. The normalized spacial score (nSPS) is 11.7. The molecular weight excluding hydrogens is 356 g/mol. The van der Waals surface area contributed by atoms with E-state index in [0.717, 1.165) is 21.5 Å². The quantitative estimate of drug-likeness (QED) is 0.588. The van der Waals surface area contributed by atoms with Gasteiger partial charge in [0.1, 0.15) is 5.75 Å². The highest BCUT2D eigenvalue weighted by atomic mass is 32.1. The number of nitrogens with zero attached hydrogens (tertiary/aromatic N) is 2. The van der Waals surface area contributed by atoms with Crippen LogP contribution in [0.3, 0.4) is 0 Å². The predicted octanol–water partition coefficient (Wildman–Crippen LogP) is 4.57. The zero-order valence-corrected chi connectivity index (χ0v) is 16.8. The lowest BCUT2D eigenvalue weighted by Crippen LogP contribution is -2.17. The molecule has 0 fully saturated rings. The number of hydrogen-bond donors (Lipinski definition) is 0. The van der Waals surface area contributed by atoms with Crippen LogP contribution in [0.15, 0.2) is 54.0 Å². The minimum atomic E-state index is -0.146. The number of ether oxygens (including phenoxy) is 1. The van der Waals surface area contributed by atoms with Crippen LogP contribution in [0.25, 0.3) is 10.2 Å². The maximum atomic E-state index is 12.6. The smallest absolute Gasteiger partial charge is 0.252 e. The molecule has 0 unspecified atom stereocenters. The Balaban J connectivity index is 1.97. The predicted molar refractivity (Wildman–Crippen MR) is 111 cm³/mol. The Kier molecular flexibility index (Phi) is 5.91. The largest absolute Gasteiger partial charge is 0.494 e. The molecule has 0 aliphatic carbocycles. The standard InChI is InChI=1S/C22H24N2O2S/c1-5-11-24-19-10-9-18(26-6-2)14-20(19)27-22(24)23-21(25)13-17-8-7-15(3)16(4)12-17/h5,7-10,12,14H,1,6,11,13H2,2-4H3.